The fourth-order valence-electron chi connectivity index (χ4n) is 2.82. The zero-order valence-electron chi connectivity index (χ0n) is 11.1. The second-order valence-electron chi connectivity index (χ2n) is 5.80. The quantitative estimate of drug-likeness (QED) is 0.918. The van der Waals surface area contributed by atoms with E-state index in [2.05, 4.69) is 5.32 Å². The Morgan fingerprint density at radius 2 is 1.84 bits per heavy atom. The Balaban J connectivity index is 1.68. The Hall–Kier alpha value is -0.870. The summed E-state index contributed by atoms with van der Waals surface area (Å²) in [5.74, 6) is 0.694. The molecule has 1 aliphatic heterocycles. The lowest BCUT2D eigenvalue weighted by Crippen LogP contribution is -2.30. The number of rotatable bonds is 4. The topological polar surface area (TPSA) is 46.2 Å². The van der Waals surface area contributed by atoms with Crippen LogP contribution in [0.1, 0.15) is 31.2 Å². The lowest BCUT2D eigenvalue weighted by molar-refractivity contribution is 0.376. The summed E-state index contributed by atoms with van der Waals surface area (Å²) >= 11 is 0. The first kappa shape index (κ1) is 13.1. The van der Waals surface area contributed by atoms with E-state index in [0.29, 0.717) is 10.8 Å². The third kappa shape index (κ3) is 3.00. The highest BCUT2D eigenvalue weighted by molar-refractivity contribution is 7.92. The largest absolute Gasteiger partial charge is 0.316 e. The van der Waals surface area contributed by atoms with E-state index in [1.54, 1.807) is 12.1 Å². The van der Waals surface area contributed by atoms with Crippen molar-refractivity contribution in [2.45, 2.75) is 42.2 Å². The molecule has 1 aromatic carbocycles. The molecule has 3 rings (SSSR count). The number of hydrogen-bond donors (Lipinski definition) is 1. The molecule has 1 N–H and O–H groups in total. The minimum Gasteiger partial charge on any atom is -0.316 e. The highest BCUT2D eigenvalue weighted by Gasteiger charge is 2.36. The lowest BCUT2D eigenvalue weighted by atomic mass is 9.92. The van der Waals surface area contributed by atoms with Gasteiger partial charge in [0.2, 0.25) is 0 Å². The Bertz CT molecular complexity index is 526. The van der Waals surface area contributed by atoms with E-state index in [1.165, 1.54) is 18.4 Å². The van der Waals surface area contributed by atoms with Crippen molar-refractivity contribution in [3.63, 3.8) is 0 Å². The minimum absolute atomic E-state index is 0.110. The predicted octanol–water partition coefficient (Wildman–Crippen LogP) is 2.16. The summed E-state index contributed by atoms with van der Waals surface area (Å²) in [7, 11) is -3.03. The van der Waals surface area contributed by atoms with Gasteiger partial charge in [-0.1, -0.05) is 12.1 Å². The molecule has 1 unspecified atom stereocenters. The maximum atomic E-state index is 12.1. The third-order valence-corrected chi connectivity index (χ3v) is 6.42. The van der Waals surface area contributed by atoms with E-state index in [4.69, 9.17) is 0 Å². The molecule has 4 heteroatoms. The zero-order chi connectivity index (χ0) is 13.3. The molecule has 104 valence electrons. The molecule has 3 nitrogen and oxygen atoms in total. The van der Waals surface area contributed by atoms with Crippen LogP contribution in [0.5, 0.6) is 0 Å². The summed E-state index contributed by atoms with van der Waals surface area (Å²) in [4.78, 5) is 0.500. The number of sulfone groups is 1. The summed E-state index contributed by atoms with van der Waals surface area (Å²) in [5.41, 5.74) is 1.25. The van der Waals surface area contributed by atoms with Gasteiger partial charge in [0, 0.05) is 0 Å². The van der Waals surface area contributed by atoms with Gasteiger partial charge < -0.3 is 5.32 Å². The lowest BCUT2D eigenvalue weighted by Gasteiger charge is -2.22. The van der Waals surface area contributed by atoms with Crippen molar-refractivity contribution in [2.24, 2.45) is 5.92 Å². The highest BCUT2D eigenvalue weighted by Crippen LogP contribution is 2.33. The minimum atomic E-state index is -3.03. The fraction of sp³-hybridized carbons (Fsp3) is 0.600. The average molecular weight is 279 g/mol. The van der Waals surface area contributed by atoms with Crippen molar-refractivity contribution in [2.75, 3.05) is 13.1 Å². The molecule has 0 spiro atoms. The van der Waals surface area contributed by atoms with Crippen molar-refractivity contribution in [3.05, 3.63) is 29.8 Å². The first-order valence-corrected chi connectivity index (χ1v) is 8.74. The number of piperidine rings is 1. The molecular weight excluding hydrogens is 258 g/mol. The molecule has 1 saturated carbocycles. The van der Waals surface area contributed by atoms with E-state index in [0.717, 1.165) is 32.4 Å². The molecule has 0 amide bonds. The Morgan fingerprint density at radius 1 is 1.11 bits per heavy atom. The molecule has 2 aliphatic rings. The number of benzene rings is 1. The third-order valence-electron chi connectivity index (χ3n) is 4.14. The Morgan fingerprint density at radius 3 is 2.42 bits per heavy atom. The monoisotopic (exact) mass is 279 g/mol. The van der Waals surface area contributed by atoms with E-state index >= 15 is 0 Å². The standard InChI is InChI=1S/C15H21NO2S/c17-19(18,15-7-8-15)14-5-3-12(4-6-14)10-13-2-1-9-16-11-13/h3-6,13,15-16H,1-2,7-11H2. The van der Waals surface area contributed by atoms with E-state index < -0.39 is 9.84 Å². The van der Waals surface area contributed by atoms with Gasteiger partial charge in [-0.05, 0) is 68.8 Å². The van der Waals surface area contributed by atoms with E-state index in [9.17, 15) is 8.42 Å². The Labute approximate surface area is 115 Å². The van der Waals surface area contributed by atoms with Crippen LogP contribution in [0.25, 0.3) is 0 Å². The molecule has 19 heavy (non-hydrogen) atoms. The molecule has 2 fully saturated rings. The average Bonchev–Trinajstić information content (AvgIpc) is 3.25. The van der Waals surface area contributed by atoms with Gasteiger partial charge in [-0.2, -0.15) is 0 Å². The molecule has 0 bridgehead atoms. The van der Waals surface area contributed by atoms with Crippen molar-refractivity contribution >= 4 is 9.84 Å². The summed E-state index contributed by atoms with van der Waals surface area (Å²) in [6.45, 7) is 2.22. The zero-order valence-corrected chi connectivity index (χ0v) is 12.0. The fourth-order valence-corrected chi connectivity index (χ4v) is 4.47. The van der Waals surface area contributed by atoms with Crippen LogP contribution in [-0.2, 0) is 16.3 Å². The van der Waals surface area contributed by atoms with Gasteiger partial charge in [-0.3, -0.25) is 0 Å². The van der Waals surface area contributed by atoms with Crippen LogP contribution in [0, 0.1) is 5.92 Å². The normalized spacial score (nSPS) is 24.3. The van der Waals surface area contributed by atoms with Crippen LogP contribution in [0.4, 0.5) is 0 Å². The second kappa shape index (κ2) is 5.25. The Kier molecular flexibility index (Phi) is 3.63. The summed E-state index contributed by atoms with van der Waals surface area (Å²) < 4.78 is 24.2. The van der Waals surface area contributed by atoms with Gasteiger partial charge in [0.25, 0.3) is 0 Å². The van der Waals surface area contributed by atoms with Gasteiger partial charge in [0.15, 0.2) is 9.84 Å². The van der Waals surface area contributed by atoms with Crippen LogP contribution >= 0.6 is 0 Å². The van der Waals surface area contributed by atoms with Crippen LogP contribution in [0.15, 0.2) is 29.2 Å². The molecule has 1 aliphatic carbocycles. The summed E-state index contributed by atoms with van der Waals surface area (Å²) in [6, 6.07) is 7.56. The van der Waals surface area contributed by atoms with Gasteiger partial charge >= 0.3 is 0 Å². The second-order valence-corrected chi connectivity index (χ2v) is 8.03. The maximum Gasteiger partial charge on any atom is 0.181 e. The van der Waals surface area contributed by atoms with Crippen molar-refractivity contribution in [3.8, 4) is 0 Å². The van der Waals surface area contributed by atoms with Crippen LogP contribution in [0.3, 0.4) is 0 Å². The number of nitrogens with one attached hydrogen (secondary N) is 1. The van der Waals surface area contributed by atoms with Gasteiger partial charge in [0.05, 0.1) is 10.1 Å². The van der Waals surface area contributed by atoms with E-state index in [-0.39, 0.29) is 5.25 Å². The molecular formula is C15H21NO2S. The molecule has 1 aromatic rings. The van der Waals surface area contributed by atoms with Gasteiger partial charge in [-0.15, -0.1) is 0 Å². The smallest absolute Gasteiger partial charge is 0.181 e. The van der Waals surface area contributed by atoms with Crippen LogP contribution in [0.2, 0.25) is 0 Å². The summed E-state index contributed by atoms with van der Waals surface area (Å²) in [6.07, 6.45) is 5.24. The van der Waals surface area contributed by atoms with Crippen molar-refractivity contribution < 1.29 is 8.42 Å². The molecule has 1 atom stereocenters. The first-order valence-electron chi connectivity index (χ1n) is 7.20. The van der Waals surface area contributed by atoms with Crippen LogP contribution in [-0.4, -0.2) is 26.8 Å². The summed E-state index contributed by atoms with van der Waals surface area (Å²) in [5, 5.41) is 3.31. The molecule has 0 aromatic heterocycles. The molecule has 1 saturated heterocycles. The maximum absolute atomic E-state index is 12.1. The van der Waals surface area contributed by atoms with Crippen molar-refractivity contribution in [1.29, 1.82) is 0 Å². The SMILES string of the molecule is O=S(=O)(c1ccc(CC2CCCNC2)cc1)C1CC1. The van der Waals surface area contributed by atoms with Crippen LogP contribution < -0.4 is 5.32 Å². The number of hydrogen-bond acceptors (Lipinski definition) is 3. The molecule has 0 radical (unpaired) electrons. The molecule has 1 heterocycles. The first-order chi connectivity index (χ1) is 9.16. The van der Waals surface area contributed by atoms with Gasteiger partial charge in [0.1, 0.15) is 0 Å². The highest BCUT2D eigenvalue weighted by atomic mass is 32.2. The van der Waals surface area contributed by atoms with E-state index in [1.807, 2.05) is 12.1 Å². The van der Waals surface area contributed by atoms with Crippen molar-refractivity contribution in [1.82, 2.24) is 5.32 Å². The predicted molar refractivity (Wildman–Crippen MR) is 75.9 cm³/mol. The van der Waals surface area contributed by atoms with Gasteiger partial charge in [-0.25, -0.2) is 8.42 Å².